The summed E-state index contributed by atoms with van der Waals surface area (Å²) in [5, 5.41) is 8.88. The second-order valence-electron chi connectivity index (χ2n) is 4.78. The largest absolute Gasteiger partial charge is 0.494 e. The summed E-state index contributed by atoms with van der Waals surface area (Å²) in [6.45, 7) is 4.33. The molecule has 0 fully saturated rings. The molecular weight excluding hydrogens is 294 g/mol. The van der Waals surface area contributed by atoms with Gasteiger partial charge in [-0.2, -0.15) is 5.26 Å². The van der Waals surface area contributed by atoms with Gasteiger partial charge in [0.2, 0.25) is 0 Å². The SMILES string of the molecule is CCOc1ccc(C(=O)Oc2ccc(C#N)cc2OC)cc1C. The highest BCUT2D eigenvalue weighted by Gasteiger charge is 2.14. The normalized spacial score (nSPS) is 9.83. The van der Waals surface area contributed by atoms with E-state index in [0.717, 1.165) is 11.3 Å². The van der Waals surface area contributed by atoms with Crippen LogP contribution >= 0.6 is 0 Å². The van der Waals surface area contributed by atoms with E-state index in [1.807, 2.05) is 19.9 Å². The van der Waals surface area contributed by atoms with Crippen LogP contribution < -0.4 is 14.2 Å². The van der Waals surface area contributed by atoms with Crippen LogP contribution in [0.3, 0.4) is 0 Å². The number of esters is 1. The lowest BCUT2D eigenvalue weighted by molar-refractivity contribution is 0.0729. The first kappa shape index (κ1) is 16.4. The molecule has 0 aliphatic heterocycles. The third kappa shape index (κ3) is 3.80. The molecule has 0 saturated heterocycles. The van der Waals surface area contributed by atoms with Gasteiger partial charge in [-0.3, -0.25) is 0 Å². The summed E-state index contributed by atoms with van der Waals surface area (Å²) in [6, 6.07) is 11.7. The summed E-state index contributed by atoms with van der Waals surface area (Å²) in [5.41, 5.74) is 1.70. The Morgan fingerprint density at radius 2 is 1.87 bits per heavy atom. The van der Waals surface area contributed by atoms with Crippen molar-refractivity contribution in [3.63, 3.8) is 0 Å². The molecule has 0 aliphatic carbocycles. The van der Waals surface area contributed by atoms with E-state index in [1.165, 1.54) is 19.2 Å². The fraction of sp³-hybridized carbons (Fsp3) is 0.222. The van der Waals surface area contributed by atoms with Crippen LogP contribution in [-0.4, -0.2) is 19.7 Å². The average Bonchev–Trinajstić information content (AvgIpc) is 2.57. The number of carbonyl (C=O) groups is 1. The molecule has 23 heavy (non-hydrogen) atoms. The molecule has 0 heterocycles. The Labute approximate surface area is 135 Å². The van der Waals surface area contributed by atoms with Crippen molar-refractivity contribution < 1.29 is 19.0 Å². The molecule has 5 heteroatoms. The smallest absolute Gasteiger partial charge is 0.343 e. The van der Waals surface area contributed by atoms with Crippen LogP contribution in [0.25, 0.3) is 0 Å². The number of methoxy groups -OCH3 is 1. The van der Waals surface area contributed by atoms with E-state index in [4.69, 9.17) is 19.5 Å². The lowest BCUT2D eigenvalue weighted by Crippen LogP contribution is -2.10. The van der Waals surface area contributed by atoms with Crippen molar-refractivity contribution in [1.29, 1.82) is 5.26 Å². The van der Waals surface area contributed by atoms with E-state index >= 15 is 0 Å². The molecule has 0 unspecified atom stereocenters. The van der Waals surface area contributed by atoms with Gasteiger partial charge in [0, 0.05) is 6.07 Å². The van der Waals surface area contributed by atoms with Gasteiger partial charge in [0.05, 0.1) is 30.9 Å². The topological polar surface area (TPSA) is 68.5 Å². The maximum Gasteiger partial charge on any atom is 0.343 e. The minimum Gasteiger partial charge on any atom is -0.494 e. The van der Waals surface area contributed by atoms with Crippen molar-refractivity contribution in [2.24, 2.45) is 0 Å². The Bertz CT molecular complexity index is 762. The standard InChI is InChI=1S/C18H17NO4/c1-4-22-15-8-6-14(9-12(15)2)18(20)23-16-7-5-13(11-19)10-17(16)21-3/h5-10H,4H2,1-3H3. The Kier molecular flexibility index (Phi) is 5.21. The highest BCUT2D eigenvalue weighted by Crippen LogP contribution is 2.29. The Hall–Kier alpha value is -3.00. The molecule has 0 radical (unpaired) electrons. The molecule has 0 bridgehead atoms. The quantitative estimate of drug-likeness (QED) is 0.624. The van der Waals surface area contributed by atoms with Crippen LogP contribution in [0, 0.1) is 18.3 Å². The fourth-order valence-electron chi connectivity index (χ4n) is 2.07. The minimum absolute atomic E-state index is 0.267. The van der Waals surface area contributed by atoms with Gasteiger partial charge >= 0.3 is 5.97 Å². The number of ether oxygens (including phenoxy) is 3. The molecule has 5 nitrogen and oxygen atoms in total. The van der Waals surface area contributed by atoms with Crippen molar-refractivity contribution >= 4 is 5.97 Å². The molecule has 2 rings (SSSR count). The Balaban J connectivity index is 2.22. The number of rotatable bonds is 5. The zero-order valence-corrected chi connectivity index (χ0v) is 13.3. The number of hydrogen-bond acceptors (Lipinski definition) is 5. The van der Waals surface area contributed by atoms with Crippen molar-refractivity contribution in [1.82, 2.24) is 0 Å². The molecular formula is C18H17NO4. The first-order chi connectivity index (χ1) is 11.1. The Morgan fingerprint density at radius 1 is 1.13 bits per heavy atom. The molecule has 0 aromatic heterocycles. The summed E-state index contributed by atoms with van der Waals surface area (Å²) >= 11 is 0. The third-order valence-electron chi connectivity index (χ3n) is 3.21. The highest BCUT2D eigenvalue weighted by atomic mass is 16.6. The van der Waals surface area contributed by atoms with Crippen LogP contribution in [0.15, 0.2) is 36.4 Å². The number of nitriles is 1. The maximum absolute atomic E-state index is 12.3. The van der Waals surface area contributed by atoms with Gasteiger partial charge in [-0.05, 0) is 49.7 Å². The molecule has 0 aliphatic rings. The third-order valence-corrected chi connectivity index (χ3v) is 3.21. The molecule has 118 valence electrons. The lowest BCUT2D eigenvalue weighted by atomic mass is 10.1. The van der Waals surface area contributed by atoms with Crippen LogP contribution in [0.2, 0.25) is 0 Å². The van der Waals surface area contributed by atoms with E-state index in [0.29, 0.717) is 23.5 Å². The van der Waals surface area contributed by atoms with Crippen LogP contribution in [0.1, 0.15) is 28.4 Å². The first-order valence-corrected chi connectivity index (χ1v) is 7.12. The lowest BCUT2D eigenvalue weighted by Gasteiger charge is -2.11. The Morgan fingerprint density at radius 3 is 2.48 bits per heavy atom. The van der Waals surface area contributed by atoms with Gasteiger partial charge in [-0.1, -0.05) is 0 Å². The molecule has 0 saturated carbocycles. The van der Waals surface area contributed by atoms with Gasteiger partial charge in [-0.15, -0.1) is 0 Å². The summed E-state index contributed by atoms with van der Waals surface area (Å²) < 4.78 is 16.0. The van der Waals surface area contributed by atoms with Gasteiger partial charge in [0.25, 0.3) is 0 Å². The zero-order chi connectivity index (χ0) is 16.8. The highest BCUT2D eigenvalue weighted by molar-refractivity contribution is 5.91. The van der Waals surface area contributed by atoms with E-state index < -0.39 is 5.97 Å². The second-order valence-corrected chi connectivity index (χ2v) is 4.78. The van der Waals surface area contributed by atoms with Crippen molar-refractivity contribution in [2.45, 2.75) is 13.8 Å². The summed E-state index contributed by atoms with van der Waals surface area (Å²) in [6.07, 6.45) is 0. The van der Waals surface area contributed by atoms with E-state index in [1.54, 1.807) is 24.3 Å². The molecule has 2 aromatic carbocycles. The fourth-order valence-corrected chi connectivity index (χ4v) is 2.07. The second kappa shape index (κ2) is 7.32. The molecule has 0 N–H and O–H groups in total. The van der Waals surface area contributed by atoms with Crippen molar-refractivity contribution in [3.8, 4) is 23.3 Å². The number of nitrogens with zero attached hydrogens (tertiary/aromatic N) is 1. The van der Waals surface area contributed by atoms with E-state index in [-0.39, 0.29) is 5.75 Å². The summed E-state index contributed by atoms with van der Waals surface area (Å²) in [4.78, 5) is 12.3. The summed E-state index contributed by atoms with van der Waals surface area (Å²) in [7, 11) is 1.45. The number of hydrogen-bond donors (Lipinski definition) is 0. The molecule has 0 amide bonds. The van der Waals surface area contributed by atoms with E-state index in [2.05, 4.69) is 0 Å². The predicted molar refractivity (Wildman–Crippen MR) is 85.0 cm³/mol. The van der Waals surface area contributed by atoms with E-state index in [9.17, 15) is 4.79 Å². The van der Waals surface area contributed by atoms with Crippen LogP contribution in [0.5, 0.6) is 17.2 Å². The zero-order valence-electron chi connectivity index (χ0n) is 13.3. The average molecular weight is 311 g/mol. The maximum atomic E-state index is 12.3. The van der Waals surface area contributed by atoms with Gasteiger partial charge < -0.3 is 14.2 Å². The number of benzene rings is 2. The minimum atomic E-state index is -0.501. The number of carbonyl (C=O) groups excluding carboxylic acids is 1. The van der Waals surface area contributed by atoms with Crippen LogP contribution in [-0.2, 0) is 0 Å². The van der Waals surface area contributed by atoms with Gasteiger partial charge in [0.1, 0.15) is 5.75 Å². The molecule has 0 atom stereocenters. The van der Waals surface area contributed by atoms with Crippen molar-refractivity contribution in [3.05, 3.63) is 53.1 Å². The van der Waals surface area contributed by atoms with Gasteiger partial charge in [0.15, 0.2) is 11.5 Å². The number of aryl methyl sites for hydroxylation is 1. The monoisotopic (exact) mass is 311 g/mol. The van der Waals surface area contributed by atoms with Crippen LogP contribution in [0.4, 0.5) is 0 Å². The van der Waals surface area contributed by atoms with Crippen molar-refractivity contribution in [2.75, 3.05) is 13.7 Å². The molecule has 2 aromatic rings. The first-order valence-electron chi connectivity index (χ1n) is 7.12. The predicted octanol–water partition coefficient (Wildman–Crippen LogP) is 3.49. The molecule has 0 spiro atoms. The van der Waals surface area contributed by atoms with Gasteiger partial charge in [-0.25, -0.2) is 4.79 Å². The summed E-state index contributed by atoms with van der Waals surface area (Å²) in [5.74, 6) is 0.835.